The fourth-order valence-electron chi connectivity index (χ4n) is 1.61. The van der Waals surface area contributed by atoms with Gasteiger partial charge in [0.2, 0.25) is 5.88 Å². The van der Waals surface area contributed by atoms with Crippen molar-refractivity contribution in [3.05, 3.63) is 54.1 Å². The third kappa shape index (κ3) is 2.10. The Kier molecular flexibility index (Phi) is 2.78. The largest absolute Gasteiger partial charge is 0.437 e. The summed E-state index contributed by atoms with van der Waals surface area (Å²) in [5.41, 5.74) is 0.915. The van der Waals surface area contributed by atoms with Crippen molar-refractivity contribution < 1.29 is 4.74 Å². The third-order valence-electron chi connectivity index (χ3n) is 2.42. The molecule has 88 valence electrons. The first-order valence-corrected chi connectivity index (χ1v) is 5.69. The molecule has 0 atom stereocenters. The van der Waals surface area contributed by atoms with E-state index in [4.69, 9.17) is 16.3 Å². The van der Waals surface area contributed by atoms with Crippen molar-refractivity contribution >= 4 is 22.5 Å². The summed E-state index contributed by atoms with van der Waals surface area (Å²) in [6.45, 7) is 0. The number of ether oxygens (including phenoxy) is 1. The molecule has 4 nitrogen and oxygen atoms in total. The maximum Gasteiger partial charge on any atom is 0.241 e. The van der Waals surface area contributed by atoms with Crippen LogP contribution in [0.25, 0.3) is 10.9 Å². The summed E-state index contributed by atoms with van der Waals surface area (Å²) in [6.07, 6.45) is 4.64. The Balaban J connectivity index is 1.98. The van der Waals surface area contributed by atoms with Crippen LogP contribution in [0.3, 0.4) is 0 Å². The zero-order valence-corrected chi connectivity index (χ0v) is 10.0. The van der Waals surface area contributed by atoms with Crippen molar-refractivity contribution in [1.29, 1.82) is 0 Å². The lowest BCUT2D eigenvalue weighted by molar-refractivity contribution is 0.462. The molecule has 0 saturated heterocycles. The molecule has 18 heavy (non-hydrogen) atoms. The number of rotatable bonds is 2. The predicted molar refractivity (Wildman–Crippen MR) is 68.9 cm³/mol. The van der Waals surface area contributed by atoms with Crippen LogP contribution in [0.15, 0.2) is 49.1 Å². The van der Waals surface area contributed by atoms with Crippen molar-refractivity contribution in [2.24, 2.45) is 0 Å². The molecule has 0 unspecified atom stereocenters. The summed E-state index contributed by atoms with van der Waals surface area (Å²) in [7, 11) is 0. The second-order valence-electron chi connectivity index (χ2n) is 3.64. The number of hydrogen-bond acceptors (Lipinski definition) is 4. The van der Waals surface area contributed by atoms with Gasteiger partial charge in [-0.05, 0) is 24.3 Å². The molecule has 0 aliphatic rings. The Labute approximate surface area is 108 Å². The fourth-order valence-corrected chi connectivity index (χ4v) is 1.75. The number of pyridine rings is 1. The SMILES string of the molecule is Clc1cncnc1Oc1ccc2ncccc2c1. The maximum absolute atomic E-state index is 5.93. The van der Waals surface area contributed by atoms with Gasteiger partial charge in [-0.15, -0.1) is 0 Å². The molecule has 3 aromatic rings. The molecule has 0 N–H and O–H groups in total. The second-order valence-corrected chi connectivity index (χ2v) is 4.04. The van der Waals surface area contributed by atoms with Crippen LogP contribution in [0.2, 0.25) is 5.02 Å². The molecule has 2 aromatic heterocycles. The first-order valence-electron chi connectivity index (χ1n) is 5.31. The van der Waals surface area contributed by atoms with Crippen LogP contribution in [-0.4, -0.2) is 15.0 Å². The minimum Gasteiger partial charge on any atom is -0.437 e. The van der Waals surface area contributed by atoms with E-state index in [0.29, 0.717) is 16.7 Å². The van der Waals surface area contributed by atoms with Crippen LogP contribution in [0, 0.1) is 0 Å². The van der Waals surface area contributed by atoms with Gasteiger partial charge in [0.15, 0.2) is 0 Å². The Morgan fingerprint density at radius 3 is 2.94 bits per heavy atom. The van der Waals surface area contributed by atoms with Gasteiger partial charge in [0.05, 0.1) is 11.7 Å². The molecule has 5 heteroatoms. The minimum atomic E-state index is 0.343. The summed E-state index contributed by atoms with van der Waals surface area (Å²) in [5.74, 6) is 1.01. The molecule has 0 radical (unpaired) electrons. The van der Waals surface area contributed by atoms with Crippen molar-refractivity contribution in [3.63, 3.8) is 0 Å². The van der Waals surface area contributed by atoms with Gasteiger partial charge in [-0.25, -0.2) is 9.97 Å². The molecular formula is C13H8ClN3O. The number of aromatic nitrogens is 3. The predicted octanol–water partition coefficient (Wildman–Crippen LogP) is 3.47. The van der Waals surface area contributed by atoms with E-state index in [1.807, 2.05) is 30.3 Å². The smallest absolute Gasteiger partial charge is 0.241 e. The van der Waals surface area contributed by atoms with Crippen LogP contribution >= 0.6 is 11.6 Å². The highest BCUT2D eigenvalue weighted by Gasteiger charge is 2.05. The maximum atomic E-state index is 5.93. The molecule has 0 spiro atoms. The zero-order valence-electron chi connectivity index (χ0n) is 9.25. The highest BCUT2D eigenvalue weighted by Crippen LogP contribution is 2.27. The van der Waals surface area contributed by atoms with E-state index >= 15 is 0 Å². The highest BCUT2D eigenvalue weighted by molar-refractivity contribution is 6.31. The van der Waals surface area contributed by atoms with Crippen LogP contribution < -0.4 is 4.74 Å². The summed E-state index contributed by atoms with van der Waals surface area (Å²) in [5, 5.41) is 1.38. The quantitative estimate of drug-likeness (QED) is 0.705. The molecule has 0 fully saturated rings. The average Bonchev–Trinajstić information content (AvgIpc) is 2.41. The van der Waals surface area contributed by atoms with Crippen molar-refractivity contribution in [1.82, 2.24) is 15.0 Å². The normalized spacial score (nSPS) is 10.5. The molecule has 0 aliphatic carbocycles. The molecule has 1 aromatic carbocycles. The summed E-state index contributed by atoms with van der Waals surface area (Å²) < 4.78 is 5.61. The van der Waals surface area contributed by atoms with E-state index in [-0.39, 0.29) is 0 Å². The van der Waals surface area contributed by atoms with Gasteiger partial charge in [-0.2, -0.15) is 0 Å². The molecule has 2 heterocycles. The number of hydrogen-bond donors (Lipinski definition) is 0. The number of fused-ring (bicyclic) bond motifs is 1. The van der Waals surface area contributed by atoms with Gasteiger partial charge in [-0.1, -0.05) is 17.7 Å². The van der Waals surface area contributed by atoms with Gasteiger partial charge in [0.1, 0.15) is 17.1 Å². The minimum absolute atomic E-state index is 0.343. The first-order chi connectivity index (χ1) is 8.83. The van der Waals surface area contributed by atoms with Gasteiger partial charge in [-0.3, -0.25) is 4.98 Å². The van der Waals surface area contributed by atoms with Crippen LogP contribution in [0.4, 0.5) is 0 Å². The van der Waals surface area contributed by atoms with E-state index in [2.05, 4.69) is 15.0 Å². The standard InChI is InChI=1S/C13H8ClN3O/c14-11-7-15-8-17-13(11)18-10-3-4-12-9(6-10)2-1-5-16-12/h1-8H. The second kappa shape index (κ2) is 4.58. The molecule has 0 amide bonds. The molecule has 0 bridgehead atoms. The molecular weight excluding hydrogens is 250 g/mol. The van der Waals surface area contributed by atoms with Gasteiger partial charge >= 0.3 is 0 Å². The Bertz CT molecular complexity index is 702. The highest BCUT2D eigenvalue weighted by atomic mass is 35.5. The summed E-state index contributed by atoms with van der Waals surface area (Å²) in [4.78, 5) is 12.0. The van der Waals surface area contributed by atoms with E-state index < -0.39 is 0 Å². The average molecular weight is 258 g/mol. The van der Waals surface area contributed by atoms with Crippen LogP contribution in [0.5, 0.6) is 11.6 Å². The van der Waals surface area contributed by atoms with Crippen molar-refractivity contribution in [2.75, 3.05) is 0 Å². The lowest BCUT2D eigenvalue weighted by Crippen LogP contribution is -1.90. The molecule has 0 aliphatic heterocycles. The lowest BCUT2D eigenvalue weighted by atomic mass is 10.2. The number of nitrogens with zero attached hydrogens (tertiary/aromatic N) is 3. The Morgan fingerprint density at radius 1 is 1.11 bits per heavy atom. The molecule has 0 saturated carbocycles. The fraction of sp³-hybridized carbons (Fsp3) is 0. The van der Waals surface area contributed by atoms with Crippen molar-refractivity contribution in [2.45, 2.75) is 0 Å². The van der Waals surface area contributed by atoms with E-state index in [9.17, 15) is 0 Å². The monoisotopic (exact) mass is 257 g/mol. The topological polar surface area (TPSA) is 47.9 Å². The third-order valence-corrected chi connectivity index (χ3v) is 2.68. The first kappa shape index (κ1) is 10.9. The van der Waals surface area contributed by atoms with E-state index in [1.165, 1.54) is 12.5 Å². The lowest BCUT2D eigenvalue weighted by Gasteiger charge is -2.06. The Hall–Kier alpha value is -2.20. The van der Waals surface area contributed by atoms with Crippen molar-refractivity contribution in [3.8, 4) is 11.6 Å². The summed E-state index contributed by atoms with van der Waals surface area (Å²) >= 11 is 5.93. The van der Waals surface area contributed by atoms with Gasteiger partial charge < -0.3 is 4.74 Å². The van der Waals surface area contributed by atoms with Gasteiger partial charge in [0.25, 0.3) is 0 Å². The zero-order chi connectivity index (χ0) is 12.4. The van der Waals surface area contributed by atoms with E-state index in [1.54, 1.807) is 6.20 Å². The summed E-state index contributed by atoms with van der Waals surface area (Å²) in [6, 6.07) is 9.45. The van der Waals surface area contributed by atoms with Crippen LogP contribution in [0.1, 0.15) is 0 Å². The van der Waals surface area contributed by atoms with Crippen LogP contribution in [-0.2, 0) is 0 Å². The Morgan fingerprint density at radius 2 is 2.06 bits per heavy atom. The van der Waals surface area contributed by atoms with E-state index in [0.717, 1.165) is 10.9 Å². The molecule has 3 rings (SSSR count). The van der Waals surface area contributed by atoms with Gasteiger partial charge in [0, 0.05) is 11.6 Å². The number of halogens is 1. The number of benzene rings is 1.